The van der Waals surface area contributed by atoms with E-state index in [0.717, 1.165) is 6.08 Å². The van der Waals surface area contributed by atoms with E-state index in [0.29, 0.717) is 0 Å². The molecule has 0 aromatic heterocycles. The number of nitrogens with one attached hydrogen (secondary N) is 1. The molecule has 0 radical (unpaired) electrons. The molecule has 0 aromatic rings. The molecule has 1 saturated heterocycles. The van der Waals surface area contributed by atoms with Gasteiger partial charge in [0, 0.05) is 0 Å². The average molecular weight is 229 g/mol. The van der Waals surface area contributed by atoms with Gasteiger partial charge in [-0.3, -0.25) is 0 Å². The summed E-state index contributed by atoms with van der Waals surface area (Å²) in [7, 11) is 2.38. The maximum absolute atomic E-state index is 11.2. The van der Waals surface area contributed by atoms with Gasteiger partial charge >= 0.3 is 17.9 Å². The summed E-state index contributed by atoms with van der Waals surface area (Å²) in [5.41, 5.74) is -0.131. The molecular weight excluding hydrogens is 218 g/mol. The molecule has 0 aliphatic carbocycles. The van der Waals surface area contributed by atoms with Crippen molar-refractivity contribution in [2.24, 2.45) is 0 Å². The van der Waals surface area contributed by atoms with E-state index in [2.05, 4.69) is 14.8 Å². The van der Waals surface area contributed by atoms with E-state index >= 15 is 0 Å². The molecule has 0 spiro atoms. The number of morpholine rings is 1. The predicted octanol–water partition coefficient (Wildman–Crippen LogP) is -1.27. The van der Waals surface area contributed by atoms with Gasteiger partial charge in [0.05, 0.1) is 20.3 Å². The Morgan fingerprint density at radius 2 is 2.12 bits per heavy atom. The van der Waals surface area contributed by atoms with Crippen molar-refractivity contribution in [3.8, 4) is 0 Å². The van der Waals surface area contributed by atoms with Crippen molar-refractivity contribution in [2.75, 3.05) is 20.8 Å². The van der Waals surface area contributed by atoms with Crippen LogP contribution in [0.4, 0.5) is 0 Å². The normalized spacial score (nSPS) is 22.0. The van der Waals surface area contributed by atoms with Crippen LogP contribution in [0.15, 0.2) is 11.8 Å². The first-order valence-corrected chi connectivity index (χ1v) is 4.39. The molecule has 88 valence electrons. The van der Waals surface area contributed by atoms with Gasteiger partial charge in [-0.15, -0.1) is 0 Å². The fourth-order valence-electron chi connectivity index (χ4n) is 1.07. The molecule has 1 unspecified atom stereocenters. The third-order valence-corrected chi connectivity index (χ3v) is 1.88. The van der Waals surface area contributed by atoms with Crippen molar-refractivity contribution in [2.45, 2.75) is 6.04 Å². The number of esters is 3. The number of ether oxygens (including phenoxy) is 3. The highest BCUT2D eigenvalue weighted by Crippen LogP contribution is 2.06. The van der Waals surface area contributed by atoms with Gasteiger partial charge in [-0.05, 0) is 0 Å². The van der Waals surface area contributed by atoms with Gasteiger partial charge < -0.3 is 19.5 Å². The summed E-state index contributed by atoms with van der Waals surface area (Å²) in [6.45, 7) is -0.135. The highest BCUT2D eigenvalue weighted by Gasteiger charge is 2.30. The molecule has 0 aromatic carbocycles. The fraction of sp³-hybridized carbons (Fsp3) is 0.444. The first-order valence-electron chi connectivity index (χ1n) is 4.39. The standard InChI is InChI=1S/C9H11NO6/c1-14-7(11)3-5-9(13)16-4-6(10-5)8(12)15-2/h3,6,10H,4H2,1-2H3. The van der Waals surface area contributed by atoms with E-state index in [-0.39, 0.29) is 12.3 Å². The third-order valence-electron chi connectivity index (χ3n) is 1.88. The van der Waals surface area contributed by atoms with E-state index < -0.39 is 23.9 Å². The van der Waals surface area contributed by atoms with Crippen LogP contribution in [0.5, 0.6) is 0 Å². The van der Waals surface area contributed by atoms with Crippen LogP contribution in [-0.2, 0) is 28.6 Å². The van der Waals surface area contributed by atoms with Gasteiger partial charge in [-0.1, -0.05) is 0 Å². The SMILES string of the molecule is COC(=O)C=C1NC(C(=O)OC)COC1=O. The largest absolute Gasteiger partial charge is 0.467 e. The van der Waals surface area contributed by atoms with Crippen LogP contribution in [0.25, 0.3) is 0 Å². The Morgan fingerprint density at radius 1 is 1.44 bits per heavy atom. The smallest absolute Gasteiger partial charge is 0.354 e. The monoisotopic (exact) mass is 229 g/mol. The van der Waals surface area contributed by atoms with Crippen LogP contribution in [0, 0.1) is 0 Å². The molecule has 1 heterocycles. The van der Waals surface area contributed by atoms with E-state index in [1.807, 2.05) is 0 Å². The Labute approximate surface area is 91.3 Å². The molecule has 16 heavy (non-hydrogen) atoms. The second-order valence-corrected chi connectivity index (χ2v) is 2.90. The lowest BCUT2D eigenvalue weighted by molar-refractivity contribution is -0.152. The first-order chi connectivity index (χ1) is 7.58. The molecule has 1 atom stereocenters. The summed E-state index contributed by atoms with van der Waals surface area (Å²) in [5.74, 6) is -2.02. The number of hydrogen-bond acceptors (Lipinski definition) is 7. The lowest BCUT2D eigenvalue weighted by Crippen LogP contribution is -2.48. The van der Waals surface area contributed by atoms with Crippen LogP contribution in [0.3, 0.4) is 0 Å². The maximum atomic E-state index is 11.2. The maximum Gasteiger partial charge on any atom is 0.354 e. The van der Waals surface area contributed by atoms with Crippen molar-refractivity contribution in [3.05, 3.63) is 11.8 Å². The summed E-state index contributed by atoms with van der Waals surface area (Å²) in [5, 5.41) is 2.53. The van der Waals surface area contributed by atoms with Crippen molar-refractivity contribution >= 4 is 17.9 Å². The van der Waals surface area contributed by atoms with Crippen LogP contribution in [0.2, 0.25) is 0 Å². The van der Waals surface area contributed by atoms with Gasteiger partial charge in [0.15, 0.2) is 6.04 Å². The van der Waals surface area contributed by atoms with Crippen LogP contribution in [-0.4, -0.2) is 44.8 Å². The molecule has 0 bridgehead atoms. The fourth-order valence-corrected chi connectivity index (χ4v) is 1.07. The average Bonchev–Trinajstić information content (AvgIpc) is 2.30. The minimum absolute atomic E-state index is 0.131. The molecule has 1 rings (SSSR count). The molecule has 1 N–H and O–H groups in total. The van der Waals surface area contributed by atoms with Gasteiger partial charge in [-0.2, -0.15) is 0 Å². The van der Waals surface area contributed by atoms with Crippen molar-refractivity contribution in [1.29, 1.82) is 0 Å². The van der Waals surface area contributed by atoms with Gasteiger partial charge in [-0.25, -0.2) is 14.4 Å². The molecular formula is C9H11NO6. The van der Waals surface area contributed by atoms with Crippen molar-refractivity contribution in [3.63, 3.8) is 0 Å². The molecule has 0 saturated carbocycles. The van der Waals surface area contributed by atoms with Gasteiger partial charge in [0.1, 0.15) is 12.3 Å². The van der Waals surface area contributed by atoms with E-state index in [9.17, 15) is 14.4 Å². The summed E-state index contributed by atoms with van der Waals surface area (Å²) < 4.78 is 13.5. The number of carbonyl (C=O) groups excluding carboxylic acids is 3. The zero-order valence-corrected chi connectivity index (χ0v) is 8.81. The van der Waals surface area contributed by atoms with Gasteiger partial charge in [0.25, 0.3) is 0 Å². The summed E-state index contributed by atoms with van der Waals surface area (Å²) in [6.07, 6.45) is 0.914. The van der Waals surface area contributed by atoms with Crippen LogP contribution in [0.1, 0.15) is 0 Å². The van der Waals surface area contributed by atoms with Crippen LogP contribution >= 0.6 is 0 Å². The zero-order valence-electron chi connectivity index (χ0n) is 8.81. The molecule has 1 aliphatic rings. The Morgan fingerprint density at radius 3 is 2.69 bits per heavy atom. The summed E-state index contributed by atoms with van der Waals surface area (Å²) in [4.78, 5) is 33.3. The van der Waals surface area contributed by atoms with Crippen LogP contribution < -0.4 is 5.32 Å². The van der Waals surface area contributed by atoms with Crippen molar-refractivity contribution in [1.82, 2.24) is 5.32 Å². The third kappa shape index (κ3) is 2.72. The highest BCUT2D eigenvalue weighted by molar-refractivity contribution is 5.97. The summed E-state index contributed by atoms with van der Waals surface area (Å²) in [6, 6.07) is -0.807. The summed E-state index contributed by atoms with van der Waals surface area (Å²) >= 11 is 0. The highest BCUT2D eigenvalue weighted by atomic mass is 16.6. The first kappa shape index (κ1) is 12.0. The molecule has 1 fully saturated rings. The van der Waals surface area contributed by atoms with E-state index in [1.54, 1.807) is 0 Å². The number of cyclic esters (lactones) is 1. The lowest BCUT2D eigenvalue weighted by Gasteiger charge is -2.23. The number of rotatable bonds is 2. The Kier molecular flexibility index (Phi) is 3.87. The molecule has 7 nitrogen and oxygen atoms in total. The van der Waals surface area contributed by atoms with E-state index in [1.165, 1.54) is 14.2 Å². The molecule has 1 aliphatic heterocycles. The zero-order chi connectivity index (χ0) is 12.1. The molecule has 7 heteroatoms. The number of methoxy groups -OCH3 is 2. The second-order valence-electron chi connectivity index (χ2n) is 2.90. The second kappa shape index (κ2) is 5.15. The van der Waals surface area contributed by atoms with Crippen molar-refractivity contribution < 1.29 is 28.6 Å². The van der Waals surface area contributed by atoms with E-state index in [4.69, 9.17) is 4.74 Å². The Bertz CT molecular complexity index is 348. The minimum Gasteiger partial charge on any atom is -0.467 e. The minimum atomic E-state index is -0.807. The number of hydrogen-bond donors (Lipinski definition) is 1. The van der Waals surface area contributed by atoms with Gasteiger partial charge in [0.2, 0.25) is 0 Å². The quantitative estimate of drug-likeness (QED) is 0.358. The number of carbonyl (C=O) groups is 3. The molecule has 0 amide bonds. The Balaban J connectivity index is 2.76. The lowest BCUT2D eigenvalue weighted by atomic mass is 10.2. The topological polar surface area (TPSA) is 90.9 Å². The Hall–Kier alpha value is -2.05. The predicted molar refractivity (Wildman–Crippen MR) is 50.0 cm³/mol.